The molecule has 2 saturated carbocycles. The quantitative estimate of drug-likeness (QED) is 0.746. The highest BCUT2D eigenvalue weighted by molar-refractivity contribution is 5.44. The van der Waals surface area contributed by atoms with Crippen LogP contribution in [-0.4, -0.2) is 15.7 Å². The molecular formula is C26H29FN2O. The second-order valence-corrected chi connectivity index (χ2v) is 10.0. The number of nitriles is 1. The summed E-state index contributed by atoms with van der Waals surface area (Å²) in [5.74, 6) is 0.975. The van der Waals surface area contributed by atoms with Gasteiger partial charge in [0, 0.05) is 18.8 Å². The molecule has 3 aliphatic carbocycles. The summed E-state index contributed by atoms with van der Waals surface area (Å²) < 4.78 is 14.8. The Bertz CT molecular complexity index is 1040. The minimum Gasteiger partial charge on any atom is -0.389 e. The van der Waals surface area contributed by atoms with Gasteiger partial charge >= 0.3 is 0 Å². The average Bonchev–Trinajstić information content (AvgIpc) is 3.01. The molecule has 156 valence electrons. The Morgan fingerprint density at radius 3 is 2.83 bits per heavy atom. The largest absolute Gasteiger partial charge is 0.389 e. The molecule has 0 saturated heterocycles. The lowest BCUT2D eigenvalue weighted by Crippen LogP contribution is -2.52. The van der Waals surface area contributed by atoms with Gasteiger partial charge in [-0.15, -0.1) is 0 Å². The number of fused-ring (bicyclic) bond motifs is 5. The maximum absolute atomic E-state index is 14.8. The fourth-order valence-electron chi connectivity index (χ4n) is 7.13. The third kappa shape index (κ3) is 2.68. The summed E-state index contributed by atoms with van der Waals surface area (Å²) in [5.41, 5.74) is 3.55. The van der Waals surface area contributed by atoms with Gasteiger partial charge in [-0.2, -0.15) is 5.26 Å². The van der Waals surface area contributed by atoms with Crippen molar-refractivity contribution < 1.29 is 9.50 Å². The SMILES string of the molecule is Cc1cnccc1C[C@]1(O)CCC2C3CCc4c(ccc(C#N)c4F)C3CC[C@@]21C. The highest BCUT2D eigenvalue weighted by Crippen LogP contribution is 2.65. The fraction of sp³-hybridized carbons (Fsp3) is 0.538. The first-order valence-corrected chi connectivity index (χ1v) is 11.2. The van der Waals surface area contributed by atoms with Crippen molar-refractivity contribution in [1.82, 2.24) is 4.98 Å². The third-order valence-electron chi connectivity index (χ3n) is 8.91. The molecule has 1 aromatic carbocycles. The third-order valence-corrected chi connectivity index (χ3v) is 8.91. The molecule has 0 amide bonds. The van der Waals surface area contributed by atoms with Gasteiger partial charge in [0.15, 0.2) is 0 Å². The van der Waals surface area contributed by atoms with Crippen molar-refractivity contribution in [2.24, 2.45) is 17.3 Å². The highest BCUT2D eigenvalue weighted by Gasteiger charge is 2.61. The van der Waals surface area contributed by atoms with Crippen molar-refractivity contribution in [2.75, 3.05) is 0 Å². The summed E-state index contributed by atoms with van der Waals surface area (Å²) in [7, 11) is 0. The molecule has 0 bridgehead atoms. The van der Waals surface area contributed by atoms with Gasteiger partial charge in [0.2, 0.25) is 0 Å². The van der Waals surface area contributed by atoms with Gasteiger partial charge in [-0.05, 0) is 103 Å². The number of aryl methyl sites for hydroxylation is 1. The number of aromatic nitrogens is 1. The lowest BCUT2D eigenvalue weighted by molar-refractivity contribution is -0.102. The van der Waals surface area contributed by atoms with Gasteiger partial charge in [-0.1, -0.05) is 13.0 Å². The van der Waals surface area contributed by atoms with Crippen molar-refractivity contribution in [3.63, 3.8) is 0 Å². The topological polar surface area (TPSA) is 56.9 Å². The van der Waals surface area contributed by atoms with Crippen molar-refractivity contribution in [2.45, 2.75) is 70.3 Å². The van der Waals surface area contributed by atoms with E-state index < -0.39 is 5.60 Å². The number of benzene rings is 1. The Morgan fingerprint density at radius 1 is 1.23 bits per heavy atom. The van der Waals surface area contributed by atoms with E-state index in [0.717, 1.165) is 48.8 Å². The van der Waals surface area contributed by atoms with E-state index in [0.29, 0.717) is 30.6 Å². The molecule has 1 aromatic heterocycles. The lowest BCUT2D eigenvalue weighted by atomic mass is 9.52. The Morgan fingerprint density at radius 2 is 2.07 bits per heavy atom. The monoisotopic (exact) mass is 404 g/mol. The zero-order chi connectivity index (χ0) is 21.1. The number of aliphatic hydroxyl groups is 1. The first kappa shape index (κ1) is 19.7. The molecule has 5 atom stereocenters. The molecule has 5 rings (SSSR count). The van der Waals surface area contributed by atoms with Crippen LogP contribution >= 0.6 is 0 Å². The van der Waals surface area contributed by atoms with E-state index >= 15 is 0 Å². The molecule has 0 radical (unpaired) electrons. The fourth-order valence-corrected chi connectivity index (χ4v) is 7.13. The Kier molecular flexibility index (Phi) is 4.52. The van der Waals surface area contributed by atoms with Crippen molar-refractivity contribution in [3.05, 3.63) is 64.2 Å². The smallest absolute Gasteiger partial charge is 0.144 e. The van der Waals surface area contributed by atoms with E-state index in [1.807, 2.05) is 30.6 Å². The molecule has 0 aliphatic heterocycles. The van der Waals surface area contributed by atoms with Gasteiger partial charge in [-0.3, -0.25) is 4.98 Å². The van der Waals surface area contributed by atoms with Gasteiger partial charge in [0.05, 0.1) is 11.2 Å². The molecule has 2 fully saturated rings. The standard InChI is InChI=1S/C26H29FN2O/c1-16-15-29-12-9-17(16)13-26(30)11-8-23-21-5-6-22-19(4-3-18(14-28)24(22)27)20(21)7-10-25(23,26)2/h3-4,9,12,15,20-21,23,30H,5-8,10-11,13H2,1-2H3/t20?,21?,23?,25-,26+/m0/s1. The second-order valence-electron chi connectivity index (χ2n) is 10.0. The van der Waals surface area contributed by atoms with E-state index in [-0.39, 0.29) is 16.8 Å². The van der Waals surface area contributed by atoms with Crippen molar-refractivity contribution in [1.29, 1.82) is 5.26 Å². The first-order chi connectivity index (χ1) is 14.4. The second kappa shape index (κ2) is 6.89. The lowest BCUT2D eigenvalue weighted by Gasteiger charge is -2.53. The molecule has 3 nitrogen and oxygen atoms in total. The average molecular weight is 405 g/mol. The normalized spacial score (nSPS) is 34.6. The molecule has 1 N–H and O–H groups in total. The predicted molar refractivity (Wildman–Crippen MR) is 113 cm³/mol. The molecule has 1 heterocycles. The number of pyridine rings is 1. The van der Waals surface area contributed by atoms with E-state index in [2.05, 4.69) is 18.8 Å². The van der Waals surface area contributed by atoms with Crippen LogP contribution in [0.1, 0.15) is 72.8 Å². The number of hydrogen-bond donors (Lipinski definition) is 1. The predicted octanol–water partition coefficient (Wildman–Crippen LogP) is 5.23. The Labute approximate surface area is 178 Å². The summed E-state index contributed by atoms with van der Waals surface area (Å²) in [6.45, 7) is 4.37. The molecule has 3 unspecified atom stereocenters. The number of hydrogen-bond acceptors (Lipinski definition) is 3. The molecule has 0 spiro atoms. The number of rotatable bonds is 2. The van der Waals surface area contributed by atoms with Crippen LogP contribution in [0.4, 0.5) is 4.39 Å². The van der Waals surface area contributed by atoms with E-state index in [1.54, 1.807) is 6.07 Å². The van der Waals surface area contributed by atoms with E-state index in [4.69, 9.17) is 0 Å². The van der Waals surface area contributed by atoms with E-state index in [9.17, 15) is 14.8 Å². The van der Waals surface area contributed by atoms with Crippen molar-refractivity contribution in [3.8, 4) is 6.07 Å². The van der Waals surface area contributed by atoms with Gasteiger partial charge in [0.25, 0.3) is 0 Å². The van der Waals surface area contributed by atoms with E-state index in [1.165, 1.54) is 5.56 Å². The minimum absolute atomic E-state index is 0.119. The zero-order valence-corrected chi connectivity index (χ0v) is 17.8. The molecule has 4 heteroatoms. The molecule has 30 heavy (non-hydrogen) atoms. The van der Waals surface area contributed by atoms with Gasteiger partial charge < -0.3 is 5.11 Å². The zero-order valence-electron chi connectivity index (χ0n) is 17.8. The van der Waals surface area contributed by atoms with Crippen LogP contribution in [0, 0.1) is 41.3 Å². The summed E-state index contributed by atoms with van der Waals surface area (Å²) in [6, 6.07) is 7.68. The molecule has 2 aromatic rings. The van der Waals surface area contributed by atoms with Crippen LogP contribution < -0.4 is 0 Å². The summed E-state index contributed by atoms with van der Waals surface area (Å²) in [4.78, 5) is 4.20. The Balaban J connectivity index is 1.47. The van der Waals surface area contributed by atoms with Crippen molar-refractivity contribution >= 4 is 0 Å². The van der Waals surface area contributed by atoms with Crippen LogP contribution in [0.3, 0.4) is 0 Å². The first-order valence-electron chi connectivity index (χ1n) is 11.2. The maximum Gasteiger partial charge on any atom is 0.144 e. The van der Waals surface area contributed by atoms with Crippen LogP contribution in [0.15, 0.2) is 30.6 Å². The van der Waals surface area contributed by atoms with Crippen LogP contribution in [0.2, 0.25) is 0 Å². The molecule has 3 aliphatic rings. The maximum atomic E-state index is 14.8. The molecular weight excluding hydrogens is 375 g/mol. The van der Waals surface area contributed by atoms with Crippen LogP contribution in [-0.2, 0) is 12.8 Å². The van der Waals surface area contributed by atoms with Gasteiger partial charge in [-0.25, -0.2) is 4.39 Å². The summed E-state index contributed by atoms with van der Waals surface area (Å²) >= 11 is 0. The Hall–Kier alpha value is -2.25. The highest BCUT2D eigenvalue weighted by atomic mass is 19.1. The number of nitrogens with zero attached hydrogens (tertiary/aromatic N) is 2. The minimum atomic E-state index is -0.703. The summed E-state index contributed by atoms with van der Waals surface area (Å²) in [6.07, 6.45) is 9.84. The number of halogens is 1. The van der Waals surface area contributed by atoms with Crippen LogP contribution in [0.25, 0.3) is 0 Å². The van der Waals surface area contributed by atoms with Crippen LogP contribution in [0.5, 0.6) is 0 Å². The summed E-state index contributed by atoms with van der Waals surface area (Å²) in [5, 5.41) is 21.1. The van der Waals surface area contributed by atoms with Gasteiger partial charge in [0.1, 0.15) is 11.9 Å².